The number of hydrogen-bond acceptors (Lipinski definition) is 5. The van der Waals surface area contributed by atoms with Crippen molar-refractivity contribution in [2.45, 2.75) is 13.8 Å². The van der Waals surface area contributed by atoms with Gasteiger partial charge in [-0.1, -0.05) is 0 Å². The van der Waals surface area contributed by atoms with E-state index < -0.39 is 12.6 Å². The van der Waals surface area contributed by atoms with Crippen LogP contribution in [-0.2, 0) is 4.79 Å². The van der Waals surface area contributed by atoms with Gasteiger partial charge in [0, 0.05) is 17.8 Å². The second kappa shape index (κ2) is 6.16. The van der Waals surface area contributed by atoms with Gasteiger partial charge in [-0.3, -0.25) is 4.79 Å². The molecule has 0 fully saturated rings. The summed E-state index contributed by atoms with van der Waals surface area (Å²) in [5, 5.41) is 9.17. The number of fused-ring (bicyclic) bond motifs is 1. The maximum absolute atomic E-state index is 12.2. The Kier molecular flexibility index (Phi) is 4.04. The minimum atomic E-state index is -1.04. The van der Waals surface area contributed by atoms with Crippen LogP contribution in [0.5, 0.6) is 5.75 Å². The molecule has 3 rings (SSSR count). The summed E-state index contributed by atoms with van der Waals surface area (Å²) in [4.78, 5) is 26.9. The first-order chi connectivity index (χ1) is 11.5. The van der Waals surface area contributed by atoms with Gasteiger partial charge in [0.05, 0.1) is 5.39 Å². The summed E-state index contributed by atoms with van der Waals surface area (Å²) < 4.78 is 11.0. The quantitative estimate of drug-likeness (QED) is 0.793. The van der Waals surface area contributed by atoms with Crippen LogP contribution in [0, 0.1) is 13.8 Å². The third-order valence-electron chi connectivity index (χ3n) is 3.59. The second-order valence-electron chi connectivity index (χ2n) is 5.45. The highest BCUT2D eigenvalue weighted by Gasteiger charge is 2.12. The largest absolute Gasteiger partial charge is 0.481 e. The maximum atomic E-state index is 12.2. The Morgan fingerprint density at radius 3 is 2.62 bits per heavy atom. The van der Waals surface area contributed by atoms with Crippen LogP contribution in [0.3, 0.4) is 0 Å². The van der Waals surface area contributed by atoms with Crippen molar-refractivity contribution >= 4 is 17.1 Å². The first-order valence-corrected chi connectivity index (χ1v) is 7.31. The molecule has 122 valence electrons. The number of aliphatic carboxylic acids is 1. The number of ether oxygens (including phenoxy) is 1. The molecule has 2 heterocycles. The van der Waals surface area contributed by atoms with Crippen LogP contribution in [0.4, 0.5) is 0 Å². The van der Waals surface area contributed by atoms with Gasteiger partial charge in [0.1, 0.15) is 11.5 Å². The van der Waals surface area contributed by atoms with E-state index in [0.717, 1.165) is 11.1 Å². The predicted molar refractivity (Wildman–Crippen MR) is 88.3 cm³/mol. The number of aromatic nitrogens is 1. The fourth-order valence-corrected chi connectivity index (χ4v) is 2.59. The lowest BCUT2D eigenvalue weighted by molar-refractivity contribution is -0.139. The minimum absolute atomic E-state index is 0.166. The molecular formula is C18H15NO5. The number of aryl methyl sites for hydroxylation is 2. The third kappa shape index (κ3) is 2.99. The van der Waals surface area contributed by atoms with Crippen molar-refractivity contribution < 1.29 is 19.1 Å². The SMILES string of the molecule is Cc1cc(-c2cc(=O)c3cccnc3o2)cc(C)c1OCC(=O)O. The highest BCUT2D eigenvalue weighted by atomic mass is 16.5. The summed E-state index contributed by atoms with van der Waals surface area (Å²) in [5.74, 6) is -0.117. The lowest BCUT2D eigenvalue weighted by Crippen LogP contribution is -2.11. The number of carbonyl (C=O) groups is 1. The van der Waals surface area contributed by atoms with Gasteiger partial charge in [0.2, 0.25) is 5.71 Å². The lowest BCUT2D eigenvalue weighted by Gasteiger charge is -2.12. The van der Waals surface area contributed by atoms with Gasteiger partial charge < -0.3 is 14.3 Å². The molecule has 0 bridgehead atoms. The molecule has 0 aliphatic rings. The molecule has 6 nitrogen and oxygen atoms in total. The number of rotatable bonds is 4. The monoisotopic (exact) mass is 325 g/mol. The topological polar surface area (TPSA) is 89.6 Å². The van der Waals surface area contributed by atoms with Gasteiger partial charge in [-0.15, -0.1) is 0 Å². The van der Waals surface area contributed by atoms with E-state index in [4.69, 9.17) is 14.3 Å². The summed E-state index contributed by atoms with van der Waals surface area (Å²) in [6.45, 7) is 3.21. The van der Waals surface area contributed by atoms with Crippen molar-refractivity contribution in [2.75, 3.05) is 6.61 Å². The first-order valence-electron chi connectivity index (χ1n) is 7.31. The van der Waals surface area contributed by atoms with Crippen LogP contribution in [0.25, 0.3) is 22.4 Å². The third-order valence-corrected chi connectivity index (χ3v) is 3.59. The van der Waals surface area contributed by atoms with Crippen LogP contribution in [0.2, 0.25) is 0 Å². The molecule has 1 N–H and O–H groups in total. The van der Waals surface area contributed by atoms with E-state index >= 15 is 0 Å². The van der Waals surface area contributed by atoms with E-state index in [0.29, 0.717) is 22.5 Å². The molecule has 24 heavy (non-hydrogen) atoms. The highest BCUT2D eigenvalue weighted by molar-refractivity contribution is 5.75. The molecule has 0 saturated carbocycles. The molecule has 0 amide bonds. The van der Waals surface area contributed by atoms with Gasteiger partial charge in [-0.05, 0) is 49.2 Å². The van der Waals surface area contributed by atoms with Gasteiger partial charge >= 0.3 is 5.97 Å². The Bertz CT molecular complexity index is 967. The van der Waals surface area contributed by atoms with E-state index in [1.807, 2.05) is 13.8 Å². The molecule has 0 atom stereocenters. The molecule has 0 saturated heterocycles. The number of nitrogens with zero attached hydrogens (tertiary/aromatic N) is 1. The van der Waals surface area contributed by atoms with E-state index in [1.54, 1.807) is 30.5 Å². The van der Waals surface area contributed by atoms with Crippen LogP contribution in [0.15, 0.2) is 45.7 Å². The van der Waals surface area contributed by atoms with E-state index in [2.05, 4.69) is 4.98 Å². The Morgan fingerprint density at radius 1 is 1.25 bits per heavy atom. The number of pyridine rings is 1. The van der Waals surface area contributed by atoms with Crippen molar-refractivity contribution in [2.24, 2.45) is 0 Å². The van der Waals surface area contributed by atoms with Crippen LogP contribution >= 0.6 is 0 Å². The fourth-order valence-electron chi connectivity index (χ4n) is 2.59. The van der Waals surface area contributed by atoms with Crippen LogP contribution in [0.1, 0.15) is 11.1 Å². The zero-order chi connectivity index (χ0) is 17.3. The van der Waals surface area contributed by atoms with E-state index in [1.165, 1.54) is 6.07 Å². The summed E-state index contributed by atoms with van der Waals surface area (Å²) in [5.41, 5.74) is 2.34. The Hall–Kier alpha value is -3.15. The molecule has 6 heteroatoms. The molecule has 0 aliphatic carbocycles. The van der Waals surface area contributed by atoms with Gasteiger partial charge in [0.15, 0.2) is 12.0 Å². The molecule has 0 radical (unpaired) electrons. The van der Waals surface area contributed by atoms with E-state index in [-0.39, 0.29) is 11.1 Å². The number of carboxylic acids is 1. The van der Waals surface area contributed by atoms with Crippen molar-refractivity contribution in [1.29, 1.82) is 0 Å². The first kappa shape index (κ1) is 15.7. The van der Waals surface area contributed by atoms with Crippen molar-refractivity contribution in [3.63, 3.8) is 0 Å². The van der Waals surface area contributed by atoms with Crippen molar-refractivity contribution in [3.8, 4) is 17.1 Å². The Morgan fingerprint density at radius 2 is 1.96 bits per heavy atom. The smallest absolute Gasteiger partial charge is 0.341 e. The molecule has 0 unspecified atom stereocenters. The summed E-state index contributed by atoms with van der Waals surface area (Å²) in [7, 11) is 0. The fraction of sp³-hybridized carbons (Fsp3) is 0.167. The predicted octanol–water partition coefficient (Wildman–Crippen LogP) is 2.94. The van der Waals surface area contributed by atoms with Gasteiger partial charge in [-0.2, -0.15) is 0 Å². The van der Waals surface area contributed by atoms with Gasteiger partial charge in [-0.25, -0.2) is 9.78 Å². The zero-order valence-electron chi connectivity index (χ0n) is 13.2. The molecule has 1 aromatic carbocycles. The van der Waals surface area contributed by atoms with E-state index in [9.17, 15) is 9.59 Å². The Balaban J connectivity index is 2.07. The van der Waals surface area contributed by atoms with Gasteiger partial charge in [0.25, 0.3) is 0 Å². The normalized spacial score (nSPS) is 10.8. The highest BCUT2D eigenvalue weighted by Crippen LogP contribution is 2.30. The average Bonchev–Trinajstić information content (AvgIpc) is 2.53. The summed E-state index contributed by atoms with van der Waals surface area (Å²) >= 11 is 0. The molecule has 2 aromatic heterocycles. The zero-order valence-corrected chi connectivity index (χ0v) is 13.2. The number of carboxylic acid groups (broad SMARTS) is 1. The second-order valence-corrected chi connectivity index (χ2v) is 5.45. The summed E-state index contributed by atoms with van der Waals surface area (Å²) in [6.07, 6.45) is 1.56. The van der Waals surface area contributed by atoms with Crippen LogP contribution < -0.4 is 10.2 Å². The summed E-state index contributed by atoms with van der Waals surface area (Å²) in [6, 6.07) is 8.35. The Labute approximate surface area is 137 Å². The lowest BCUT2D eigenvalue weighted by atomic mass is 10.0. The number of benzene rings is 1. The maximum Gasteiger partial charge on any atom is 0.341 e. The molecule has 3 aromatic rings. The molecule has 0 spiro atoms. The average molecular weight is 325 g/mol. The molecular weight excluding hydrogens is 310 g/mol. The van der Waals surface area contributed by atoms with Crippen molar-refractivity contribution in [1.82, 2.24) is 4.98 Å². The minimum Gasteiger partial charge on any atom is -0.481 e. The standard InChI is InChI=1S/C18H15NO5/c1-10-6-12(7-11(2)17(10)23-9-16(21)22)15-8-14(20)13-4-3-5-19-18(13)24-15/h3-8H,9H2,1-2H3,(H,21,22). The number of hydrogen-bond donors (Lipinski definition) is 1. The van der Waals surface area contributed by atoms with Crippen molar-refractivity contribution in [3.05, 3.63) is 57.9 Å². The molecule has 0 aliphatic heterocycles. The van der Waals surface area contributed by atoms with Crippen LogP contribution in [-0.4, -0.2) is 22.7 Å².